The van der Waals surface area contributed by atoms with Gasteiger partial charge < -0.3 is 29.7 Å². The Hall–Kier alpha value is -6.20. The Bertz CT molecular complexity index is 2390. The summed E-state index contributed by atoms with van der Waals surface area (Å²) in [5.41, 5.74) is 5.28. The first-order chi connectivity index (χ1) is 28.2. The molecule has 0 aliphatic carbocycles. The molecule has 0 bridgehead atoms. The number of carbonyl (C=O) groups excluding carboxylic acids is 6. The molecule has 6 aliphatic heterocycles. The Morgan fingerprint density at radius 2 is 1.67 bits per heavy atom. The van der Waals surface area contributed by atoms with Crippen LogP contribution in [0.1, 0.15) is 72.7 Å². The van der Waals surface area contributed by atoms with Gasteiger partial charge in [-0.1, -0.05) is 0 Å². The molecule has 6 aliphatic rings. The number of hydrogen-bond acceptors (Lipinski definition) is 12. The molecule has 0 radical (unpaired) electrons. The number of morpholine rings is 1. The number of anilines is 3. The monoisotopic (exact) mass is 786 g/mol. The van der Waals surface area contributed by atoms with Gasteiger partial charge in [0.2, 0.25) is 11.8 Å². The standard InChI is InChI=1S/C41H42N10O7/c52-35-5-4-33(38(54)45-35)51-40(56)28-3-2-27(17-30(28)41(51)57)48-21-24(22-48)20-46-10-6-26(7-11-46)49-23-25-16-32(34(18-29(25)39(49)55)47-12-14-58-15-13-47)44-37(53)31-19-43-50-9-1-8-42-36(31)50/h1-3,8-9,16-19,24,26,33H,4-7,10-15,20-23H2,(H,44,53)(H,45,52,54). The summed E-state index contributed by atoms with van der Waals surface area (Å²) in [7, 11) is 0. The Morgan fingerprint density at radius 3 is 2.47 bits per heavy atom. The molecular weight excluding hydrogens is 745 g/mol. The van der Waals surface area contributed by atoms with Crippen molar-refractivity contribution in [3.63, 3.8) is 0 Å². The zero-order chi connectivity index (χ0) is 39.7. The number of fused-ring (bicyclic) bond motifs is 3. The first-order valence-corrected chi connectivity index (χ1v) is 19.9. The number of nitrogens with zero attached hydrogens (tertiary/aromatic N) is 8. The van der Waals surface area contributed by atoms with Gasteiger partial charge in [-0.25, -0.2) is 9.50 Å². The van der Waals surface area contributed by atoms with Crippen LogP contribution < -0.4 is 20.4 Å². The van der Waals surface area contributed by atoms with E-state index in [0.717, 1.165) is 67.4 Å². The minimum Gasteiger partial charge on any atom is -0.378 e. The van der Waals surface area contributed by atoms with E-state index in [9.17, 15) is 28.8 Å². The van der Waals surface area contributed by atoms with E-state index < -0.39 is 29.7 Å². The fourth-order valence-electron chi connectivity index (χ4n) is 9.34. The Kier molecular flexibility index (Phi) is 8.93. The van der Waals surface area contributed by atoms with Crippen molar-refractivity contribution >= 4 is 58.2 Å². The van der Waals surface area contributed by atoms with Crippen molar-refractivity contribution in [2.75, 3.05) is 74.1 Å². The van der Waals surface area contributed by atoms with E-state index in [4.69, 9.17) is 4.74 Å². The molecule has 4 aromatic rings. The summed E-state index contributed by atoms with van der Waals surface area (Å²) < 4.78 is 7.17. The van der Waals surface area contributed by atoms with Crippen LogP contribution in [0.3, 0.4) is 0 Å². The lowest BCUT2D eigenvalue weighted by Crippen LogP contribution is -2.54. The van der Waals surface area contributed by atoms with Crippen molar-refractivity contribution in [1.29, 1.82) is 0 Å². The number of carbonyl (C=O) groups is 6. The van der Waals surface area contributed by atoms with Crippen molar-refractivity contribution < 1.29 is 33.5 Å². The predicted octanol–water partition coefficient (Wildman–Crippen LogP) is 1.78. The number of rotatable bonds is 8. The highest BCUT2D eigenvalue weighted by Crippen LogP contribution is 2.38. The Balaban J connectivity index is 0.757. The van der Waals surface area contributed by atoms with Gasteiger partial charge in [0.1, 0.15) is 11.6 Å². The molecule has 10 rings (SSSR count). The third-order valence-corrected chi connectivity index (χ3v) is 12.4. The molecule has 4 saturated heterocycles. The second-order valence-electron chi connectivity index (χ2n) is 15.9. The van der Waals surface area contributed by atoms with Crippen molar-refractivity contribution in [2.24, 2.45) is 5.92 Å². The summed E-state index contributed by atoms with van der Waals surface area (Å²) in [5.74, 6) is -1.88. The third kappa shape index (κ3) is 6.25. The first-order valence-electron chi connectivity index (χ1n) is 19.9. The molecule has 6 amide bonds. The van der Waals surface area contributed by atoms with Gasteiger partial charge in [-0.05, 0) is 61.2 Å². The minimum absolute atomic E-state index is 0.0251. The van der Waals surface area contributed by atoms with Crippen molar-refractivity contribution in [3.8, 4) is 0 Å². The second kappa shape index (κ2) is 14.3. The van der Waals surface area contributed by atoms with Gasteiger partial charge in [0.15, 0.2) is 5.65 Å². The highest BCUT2D eigenvalue weighted by atomic mass is 16.5. The van der Waals surface area contributed by atoms with Crippen LogP contribution in [0.25, 0.3) is 5.65 Å². The van der Waals surface area contributed by atoms with Gasteiger partial charge in [0, 0.05) is 94.4 Å². The molecule has 2 aromatic heterocycles. The van der Waals surface area contributed by atoms with E-state index in [1.54, 1.807) is 35.1 Å². The molecule has 4 fully saturated rings. The molecule has 17 nitrogen and oxygen atoms in total. The number of nitrogens with one attached hydrogen (secondary N) is 2. The van der Waals surface area contributed by atoms with Crippen LogP contribution in [-0.2, 0) is 20.9 Å². The Morgan fingerprint density at radius 1 is 0.879 bits per heavy atom. The molecule has 8 heterocycles. The van der Waals surface area contributed by atoms with Crippen LogP contribution in [-0.4, -0.2) is 136 Å². The van der Waals surface area contributed by atoms with Gasteiger partial charge in [-0.2, -0.15) is 5.10 Å². The molecule has 0 saturated carbocycles. The summed E-state index contributed by atoms with van der Waals surface area (Å²) in [5, 5.41) is 9.62. The quantitative estimate of drug-likeness (QED) is 0.248. The maximum Gasteiger partial charge on any atom is 0.262 e. The number of piperidine rings is 2. The lowest BCUT2D eigenvalue weighted by atomic mass is 9.95. The summed E-state index contributed by atoms with van der Waals surface area (Å²) in [6.07, 6.45) is 6.82. The van der Waals surface area contributed by atoms with Crippen LogP contribution in [0.15, 0.2) is 55.0 Å². The summed E-state index contributed by atoms with van der Waals surface area (Å²) in [4.78, 5) is 92.3. The second-order valence-corrected chi connectivity index (χ2v) is 15.9. The van der Waals surface area contributed by atoms with Crippen molar-refractivity contribution in [3.05, 3.63) is 82.8 Å². The molecular formula is C41H42N10O7. The fourth-order valence-corrected chi connectivity index (χ4v) is 9.34. The van der Waals surface area contributed by atoms with E-state index in [2.05, 4.69) is 35.4 Å². The molecule has 298 valence electrons. The van der Waals surface area contributed by atoms with Gasteiger partial charge >= 0.3 is 0 Å². The number of ether oxygens (including phenoxy) is 1. The van der Waals surface area contributed by atoms with Crippen LogP contribution in [0.2, 0.25) is 0 Å². The maximum absolute atomic E-state index is 14.0. The molecule has 2 aromatic carbocycles. The Labute approximate surface area is 332 Å². The summed E-state index contributed by atoms with van der Waals surface area (Å²) >= 11 is 0. The van der Waals surface area contributed by atoms with Crippen molar-refractivity contribution in [2.45, 2.75) is 44.3 Å². The molecule has 0 spiro atoms. The highest BCUT2D eigenvalue weighted by molar-refractivity contribution is 6.23. The summed E-state index contributed by atoms with van der Waals surface area (Å²) in [6, 6.07) is 10.0. The zero-order valence-corrected chi connectivity index (χ0v) is 31.8. The van der Waals surface area contributed by atoms with Gasteiger partial charge in [-0.15, -0.1) is 0 Å². The fraction of sp³-hybridized carbons (Fsp3) is 0.415. The number of likely N-dealkylation sites (tertiary alicyclic amines) is 1. The average Bonchev–Trinajstić information content (AvgIpc) is 3.87. The number of imide groups is 2. The molecule has 2 N–H and O–H groups in total. The number of hydrogen-bond donors (Lipinski definition) is 2. The van der Waals surface area contributed by atoms with Crippen LogP contribution in [0.5, 0.6) is 0 Å². The molecule has 58 heavy (non-hydrogen) atoms. The lowest BCUT2D eigenvalue weighted by Gasteiger charge is -2.45. The van der Waals surface area contributed by atoms with E-state index in [1.807, 2.05) is 23.1 Å². The van der Waals surface area contributed by atoms with E-state index in [-0.39, 0.29) is 41.8 Å². The number of amides is 6. The van der Waals surface area contributed by atoms with E-state index in [0.29, 0.717) is 61.2 Å². The van der Waals surface area contributed by atoms with Gasteiger partial charge in [-0.3, -0.25) is 39.0 Å². The van der Waals surface area contributed by atoms with Crippen LogP contribution in [0.4, 0.5) is 17.1 Å². The zero-order valence-electron chi connectivity index (χ0n) is 31.8. The smallest absolute Gasteiger partial charge is 0.262 e. The number of benzene rings is 2. The van der Waals surface area contributed by atoms with E-state index in [1.165, 1.54) is 6.20 Å². The number of aromatic nitrogens is 3. The lowest BCUT2D eigenvalue weighted by molar-refractivity contribution is -0.136. The largest absolute Gasteiger partial charge is 0.378 e. The predicted molar refractivity (Wildman–Crippen MR) is 209 cm³/mol. The molecule has 1 unspecified atom stereocenters. The highest BCUT2D eigenvalue weighted by Gasteiger charge is 2.45. The van der Waals surface area contributed by atoms with Crippen LogP contribution in [0, 0.1) is 5.92 Å². The van der Waals surface area contributed by atoms with Crippen LogP contribution >= 0.6 is 0 Å². The normalized spacial score (nSPS) is 21.8. The first kappa shape index (κ1) is 36.2. The van der Waals surface area contributed by atoms with Gasteiger partial charge in [0.05, 0.1) is 41.9 Å². The van der Waals surface area contributed by atoms with Gasteiger partial charge in [0.25, 0.3) is 23.6 Å². The molecule has 1 atom stereocenters. The topological polar surface area (TPSA) is 182 Å². The average molecular weight is 787 g/mol. The van der Waals surface area contributed by atoms with E-state index >= 15 is 0 Å². The minimum atomic E-state index is -0.987. The molecule has 17 heteroatoms. The maximum atomic E-state index is 14.0. The third-order valence-electron chi connectivity index (χ3n) is 12.4. The summed E-state index contributed by atoms with van der Waals surface area (Å²) in [6.45, 7) is 7.21. The SMILES string of the molecule is O=C1CCC(N2C(=O)c3ccc(N4CC(CN5CCC(N6Cc7cc(NC(=O)c8cnn9cccnc89)c(N8CCOCC8)cc7C6=O)CC5)C4)cc3C2=O)C(=O)N1. The van der Waals surface area contributed by atoms with Crippen molar-refractivity contribution in [1.82, 2.24) is 34.6 Å².